The van der Waals surface area contributed by atoms with Gasteiger partial charge in [-0.05, 0) is 64.2 Å². The third-order valence-corrected chi connectivity index (χ3v) is 4.44. The predicted octanol–water partition coefficient (Wildman–Crippen LogP) is 4.44. The average Bonchev–Trinajstić information content (AvgIpc) is 3.15. The van der Waals surface area contributed by atoms with Crippen molar-refractivity contribution in [1.29, 1.82) is 0 Å². The van der Waals surface area contributed by atoms with Gasteiger partial charge in [0.05, 0.1) is 17.6 Å². The zero-order valence-electron chi connectivity index (χ0n) is 15.4. The molecule has 3 rings (SSSR count). The topological polar surface area (TPSA) is 38.9 Å². The summed E-state index contributed by atoms with van der Waals surface area (Å²) in [6.45, 7) is 6.99. The van der Waals surface area contributed by atoms with Crippen LogP contribution in [0.5, 0.6) is 0 Å². The summed E-state index contributed by atoms with van der Waals surface area (Å²) < 4.78 is 3.97. The fourth-order valence-corrected chi connectivity index (χ4v) is 3.09. The Labute approximate surface area is 170 Å². The summed E-state index contributed by atoms with van der Waals surface area (Å²) in [5, 5.41) is 9.69. The highest BCUT2D eigenvalue weighted by Crippen LogP contribution is 2.14. The number of rotatable bonds is 7. The first kappa shape index (κ1) is 20.7. The fraction of sp³-hybridized carbons (Fsp3) is 0.368. The molecule has 0 aliphatic heterocycles. The maximum Gasteiger partial charge on any atom is 0.0646 e. The second-order valence-corrected chi connectivity index (χ2v) is 6.95. The van der Waals surface area contributed by atoms with Crippen molar-refractivity contribution in [1.82, 2.24) is 24.5 Å². The van der Waals surface area contributed by atoms with Gasteiger partial charge in [0.25, 0.3) is 0 Å². The van der Waals surface area contributed by atoms with Gasteiger partial charge in [-0.25, -0.2) is 4.68 Å². The summed E-state index contributed by atoms with van der Waals surface area (Å²) in [5.41, 5.74) is 4.52. The van der Waals surface area contributed by atoms with Crippen LogP contribution in [0.4, 0.5) is 0 Å². The van der Waals surface area contributed by atoms with Gasteiger partial charge < -0.3 is 4.90 Å². The molecule has 26 heavy (non-hydrogen) atoms. The molecule has 0 saturated heterocycles. The van der Waals surface area contributed by atoms with Crippen molar-refractivity contribution < 1.29 is 0 Å². The molecule has 0 spiro atoms. The Kier molecular flexibility index (Phi) is 7.43. The monoisotopic (exact) mass is 437 g/mol. The van der Waals surface area contributed by atoms with Crippen LogP contribution in [0.25, 0.3) is 5.69 Å². The normalized spacial score (nSPS) is 11.0. The molecule has 140 valence electrons. The van der Waals surface area contributed by atoms with Crippen molar-refractivity contribution in [3.63, 3.8) is 0 Å². The zero-order chi connectivity index (χ0) is 17.8. The van der Waals surface area contributed by atoms with Gasteiger partial charge in [0.2, 0.25) is 0 Å². The van der Waals surface area contributed by atoms with Crippen molar-refractivity contribution in [2.45, 2.75) is 33.4 Å². The second-order valence-electron chi connectivity index (χ2n) is 6.51. The van der Waals surface area contributed by atoms with Crippen LogP contribution in [0.3, 0.4) is 0 Å². The molecule has 0 fully saturated rings. The van der Waals surface area contributed by atoms with Crippen molar-refractivity contribution in [2.75, 3.05) is 13.6 Å². The van der Waals surface area contributed by atoms with Crippen LogP contribution in [0.1, 0.15) is 23.4 Å². The summed E-state index contributed by atoms with van der Waals surface area (Å²) in [4.78, 5) is 2.31. The maximum atomic E-state index is 5.93. The molecule has 0 aliphatic rings. The molecule has 0 N–H and O–H groups in total. The first-order chi connectivity index (χ1) is 12.0. The number of hydrogen-bond donors (Lipinski definition) is 0. The summed E-state index contributed by atoms with van der Waals surface area (Å²) in [5.74, 6) is 0. The van der Waals surface area contributed by atoms with E-state index in [1.807, 2.05) is 42.1 Å². The van der Waals surface area contributed by atoms with Crippen LogP contribution in [0.2, 0.25) is 5.02 Å². The highest BCUT2D eigenvalue weighted by atomic mass is 79.9. The molecule has 0 atom stereocenters. The molecule has 0 unspecified atom stereocenters. The quantitative estimate of drug-likeness (QED) is 0.547. The number of hydrogen-bond acceptors (Lipinski definition) is 3. The van der Waals surface area contributed by atoms with E-state index in [1.165, 1.54) is 11.3 Å². The van der Waals surface area contributed by atoms with Gasteiger partial charge in [-0.1, -0.05) is 11.6 Å². The van der Waals surface area contributed by atoms with Crippen molar-refractivity contribution >= 4 is 28.6 Å². The smallest absolute Gasteiger partial charge is 0.0646 e. The molecule has 3 aromatic rings. The summed E-state index contributed by atoms with van der Waals surface area (Å²) >= 11 is 5.93. The van der Waals surface area contributed by atoms with E-state index >= 15 is 0 Å². The summed E-state index contributed by atoms with van der Waals surface area (Å²) in [6.07, 6.45) is 5.07. The van der Waals surface area contributed by atoms with Crippen molar-refractivity contribution in [3.05, 3.63) is 64.7 Å². The second kappa shape index (κ2) is 9.35. The summed E-state index contributed by atoms with van der Waals surface area (Å²) in [6, 6.07) is 9.82. The zero-order valence-corrected chi connectivity index (χ0v) is 17.9. The summed E-state index contributed by atoms with van der Waals surface area (Å²) in [7, 11) is 2.14. The predicted molar refractivity (Wildman–Crippen MR) is 112 cm³/mol. The molecular formula is C19H25BrClN5. The molecular weight excluding hydrogens is 414 g/mol. The molecule has 5 nitrogen and oxygen atoms in total. The van der Waals surface area contributed by atoms with Crippen LogP contribution in [0.15, 0.2) is 42.7 Å². The lowest BCUT2D eigenvalue weighted by Crippen LogP contribution is -2.20. The highest BCUT2D eigenvalue weighted by molar-refractivity contribution is 8.93. The first-order valence-corrected chi connectivity index (χ1v) is 8.88. The molecule has 7 heteroatoms. The SMILES string of the molecule is Br.Cc1cc(C)n(CCCN(C)Cc2cnn(-c3ccc(Cl)cc3)c2)n1. The first-order valence-electron chi connectivity index (χ1n) is 8.50. The Hall–Kier alpha value is -1.63. The van der Waals surface area contributed by atoms with E-state index in [0.717, 1.165) is 42.5 Å². The van der Waals surface area contributed by atoms with Crippen LogP contribution >= 0.6 is 28.6 Å². The largest absolute Gasteiger partial charge is 0.302 e. The minimum Gasteiger partial charge on any atom is -0.302 e. The van der Waals surface area contributed by atoms with E-state index in [4.69, 9.17) is 11.6 Å². The van der Waals surface area contributed by atoms with E-state index in [-0.39, 0.29) is 17.0 Å². The number of aryl methyl sites for hydroxylation is 3. The third kappa shape index (κ3) is 5.43. The Morgan fingerprint density at radius 3 is 2.54 bits per heavy atom. The average molecular weight is 439 g/mol. The minimum absolute atomic E-state index is 0. The highest BCUT2D eigenvalue weighted by Gasteiger charge is 2.06. The molecule has 0 bridgehead atoms. The van der Waals surface area contributed by atoms with Crippen LogP contribution < -0.4 is 0 Å². The molecule has 0 radical (unpaired) electrons. The van der Waals surface area contributed by atoms with Crippen LogP contribution in [-0.4, -0.2) is 38.1 Å². The molecule has 2 heterocycles. The van der Waals surface area contributed by atoms with Gasteiger partial charge in [-0.15, -0.1) is 17.0 Å². The van der Waals surface area contributed by atoms with Crippen molar-refractivity contribution in [3.8, 4) is 5.69 Å². The van der Waals surface area contributed by atoms with Gasteiger partial charge in [0.1, 0.15) is 0 Å². The molecule has 0 saturated carbocycles. The Morgan fingerprint density at radius 2 is 1.88 bits per heavy atom. The van der Waals surface area contributed by atoms with E-state index in [9.17, 15) is 0 Å². The molecule has 0 amide bonds. The Bertz CT molecular complexity index is 825. The van der Waals surface area contributed by atoms with E-state index in [2.05, 4.69) is 46.0 Å². The van der Waals surface area contributed by atoms with E-state index in [0.29, 0.717) is 0 Å². The molecule has 0 aliphatic carbocycles. The van der Waals surface area contributed by atoms with E-state index < -0.39 is 0 Å². The Morgan fingerprint density at radius 1 is 1.15 bits per heavy atom. The fourth-order valence-electron chi connectivity index (χ4n) is 2.96. The lowest BCUT2D eigenvalue weighted by atomic mass is 10.3. The van der Waals surface area contributed by atoms with E-state index in [1.54, 1.807) is 0 Å². The number of nitrogens with zero attached hydrogens (tertiary/aromatic N) is 5. The number of benzene rings is 1. The Balaban J connectivity index is 0.00000243. The maximum absolute atomic E-state index is 5.93. The van der Waals surface area contributed by atoms with Gasteiger partial charge in [0, 0.05) is 35.6 Å². The van der Waals surface area contributed by atoms with Gasteiger partial charge in [0.15, 0.2) is 0 Å². The van der Waals surface area contributed by atoms with Gasteiger partial charge in [-0.3, -0.25) is 4.68 Å². The van der Waals surface area contributed by atoms with Crippen LogP contribution in [-0.2, 0) is 13.1 Å². The minimum atomic E-state index is 0. The van der Waals surface area contributed by atoms with Gasteiger partial charge in [-0.2, -0.15) is 10.2 Å². The lowest BCUT2D eigenvalue weighted by molar-refractivity contribution is 0.310. The molecule has 1 aromatic carbocycles. The number of aromatic nitrogens is 4. The lowest BCUT2D eigenvalue weighted by Gasteiger charge is -2.15. The molecule has 2 aromatic heterocycles. The van der Waals surface area contributed by atoms with Crippen LogP contribution in [0, 0.1) is 13.8 Å². The van der Waals surface area contributed by atoms with Crippen molar-refractivity contribution in [2.24, 2.45) is 0 Å². The third-order valence-electron chi connectivity index (χ3n) is 4.19. The van der Waals surface area contributed by atoms with Gasteiger partial charge >= 0.3 is 0 Å². The standard InChI is InChI=1S/C19H24ClN5.BrH/c1-15-11-16(2)24(22-15)10-4-9-23(3)13-17-12-21-25(14-17)19-7-5-18(20)6-8-19;/h5-8,11-12,14H,4,9-10,13H2,1-3H3;1H. The number of halogens is 2.